The summed E-state index contributed by atoms with van der Waals surface area (Å²) in [5.41, 5.74) is 1.93. The van der Waals surface area contributed by atoms with Gasteiger partial charge < -0.3 is 10.2 Å². The summed E-state index contributed by atoms with van der Waals surface area (Å²) < 4.78 is 17.0. The molecule has 1 aromatic carbocycles. The molecule has 7 rings (SSSR count). The van der Waals surface area contributed by atoms with Crippen LogP contribution in [0.4, 0.5) is 4.39 Å². The first kappa shape index (κ1) is 24.9. The highest BCUT2D eigenvalue weighted by Crippen LogP contribution is 2.67. The van der Waals surface area contributed by atoms with E-state index in [4.69, 9.17) is 0 Å². The first-order chi connectivity index (χ1) is 18.6. The van der Waals surface area contributed by atoms with Gasteiger partial charge in [0.25, 0.3) is 0 Å². The predicted octanol–water partition coefficient (Wildman–Crippen LogP) is 4.36. The van der Waals surface area contributed by atoms with Gasteiger partial charge in [-0.2, -0.15) is 10.2 Å². The lowest BCUT2D eigenvalue weighted by Gasteiger charge is -2.60. The lowest BCUT2D eigenvalue weighted by Crippen LogP contribution is -2.62. The molecule has 4 aliphatic rings. The number of carbonyl (C=O) groups is 1. The van der Waals surface area contributed by atoms with Gasteiger partial charge >= 0.3 is 0 Å². The number of fused-ring (bicyclic) bond motifs is 6. The number of benzene rings is 1. The Balaban J connectivity index is 1.20. The van der Waals surface area contributed by atoms with E-state index in [-0.39, 0.29) is 41.3 Å². The fourth-order valence-corrected chi connectivity index (χ4v) is 9.11. The third kappa shape index (κ3) is 3.43. The summed E-state index contributed by atoms with van der Waals surface area (Å²) in [5, 5.41) is 32.6. The SMILES string of the molecule is CC12Cc3cnn(-c4ccc(F)cc4)c3C=C1CCC1C2[C@@H](O)CC2(C)C1CC[C@]2(O)C(=O)Cn1cccn1. The number of rotatable bonds is 4. The van der Waals surface area contributed by atoms with Gasteiger partial charge in [-0.1, -0.05) is 19.4 Å². The minimum Gasteiger partial charge on any atom is -0.393 e. The van der Waals surface area contributed by atoms with Crippen LogP contribution in [0, 0.1) is 34.4 Å². The molecule has 0 spiro atoms. The van der Waals surface area contributed by atoms with Crippen molar-refractivity contribution in [1.29, 1.82) is 0 Å². The normalized spacial score (nSPS) is 36.9. The number of aliphatic hydroxyl groups is 2. The molecule has 7 atom stereocenters. The van der Waals surface area contributed by atoms with Crippen molar-refractivity contribution in [3.8, 4) is 5.69 Å². The average molecular weight is 531 g/mol. The van der Waals surface area contributed by atoms with Crippen molar-refractivity contribution in [1.82, 2.24) is 19.6 Å². The topological polar surface area (TPSA) is 93.2 Å². The first-order valence-electron chi connectivity index (χ1n) is 14.1. The van der Waals surface area contributed by atoms with Crippen molar-refractivity contribution in [3.63, 3.8) is 0 Å². The van der Waals surface area contributed by atoms with Crippen LogP contribution in [0.1, 0.15) is 57.2 Å². The minimum absolute atomic E-state index is 0.0430. The number of allylic oxidation sites excluding steroid dienone is 1. The van der Waals surface area contributed by atoms with Crippen LogP contribution >= 0.6 is 0 Å². The summed E-state index contributed by atoms with van der Waals surface area (Å²) in [6, 6.07) is 8.16. The molecule has 8 heteroatoms. The zero-order valence-electron chi connectivity index (χ0n) is 22.4. The van der Waals surface area contributed by atoms with E-state index in [0.717, 1.165) is 42.6 Å². The van der Waals surface area contributed by atoms with E-state index in [9.17, 15) is 19.4 Å². The third-order valence-electron chi connectivity index (χ3n) is 11.0. The van der Waals surface area contributed by atoms with Gasteiger partial charge in [-0.3, -0.25) is 9.48 Å². The van der Waals surface area contributed by atoms with Crippen molar-refractivity contribution < 1.29 is 19.4 Å². The van der Waals surface area contributed by atoms with E-state index in [0.29, 0.717) is 12.8 Å². The second-order valence-electron chi connectivity index (χ2n) is 12.8. The maximum atomic E-state index is 13.5. The fraction of sp³-hybridized carbons (Fsp3) is 0.516. The number of carbonyl (C=O) groups excluding carboxylic acids is 1. The van der Waals surface area contributed by atoms with E-state index in [1.807, 2.05) is 17.8 Å². The lowest BCUT2D eigenvalue weighted by molar-refractivity contribution is -0.180. The lowest BCUT2D eigenvalue weighted by atomic mass is 9.45. The van der Waals surface area contributed by atoms with Crippen LogP contribution < -0.4 is 0 Å². The number of aliphatic hydroxyl groups excluding tert-OH is 1. The van der Waals surface area contributed by atoms with E-state index >= 15 is 0 Å². The molecule has 3 saturated carbocycles. The summed E-state index contributed by atoms with van der Waals surface area (Å²) in [6.07, 6.45) is 11.1. The van der Waals surface area contributed by atoms with Crippen molar-refractivity contribution in [3.05, 3.63) is 71.6 Å². The summed E-state index contributed by atoms with van der Waals surface area (Å²) >= 11 is 0. The zero-order chi connectivity index (χ0) is 27.2. The Morgan fingerprint density at radius 2 is 1.97 bits per heavy atom. The molecule has 7 nitrogen and oxygen atoms in total. The molecule has 0 radical (unpaired) electrons. The van der Waals surface area contributed by atoms with Crippen molar-refractivity contribution in [2.75, 3.05) is 0 Å². The van der Waals surface area contributed by atoms with Crippen LogP contribution in [-0.2, 0) is 17.8 Å². The predicted molar refractivity (Wildman–Crippen MR) is 143 cm³/mol. The van der Waals surface area contributed by atoms with Gasteiger partial charge in [0, 0.05) is 17.8 Å². The molecule has 4 aliphatic carbocycles. The highest BCUT2D eigenvalue weighted by atomic mass is 19.1. The Kier molecular flexibility index (Phi) is 5.40. The maximum absolute atomic E-state index is 13.5. The monoisotopic (exact) mass is 530 g/mol. The second kappa shape index (κ2) is 8.45. The number of ketones is 1. The molecular weight excluding hydrogens is 495 g/mol. The maximum Gasteiger partial charge on any atom is 0.186 e. The molecule has 0 amide bonds. The number of aromatic nitrogens is 4. The Labute approximate surface area is 227 Å². The molecule has 5 unspecified atom stereocenters. The van der Waals surface area contributed by atoms with Crippen LogP contribution in [0.15, 0.2) is 54.5 Å². The number of nitrogens with zero attached hydrogens (tertiary/aromatic N) is 4. The molecule has 3 aromatic rings. The molecule has 0 saturated heterocycles. The van der Waals surface area contributed by atoms with Crippen LogP contribution in [0.25, 0.3) is 11.8 Å². The van der Waals surface area contributed by atoms with Gasteiger partial charge in [0.1, 0.15) is 18.0 Å². The molecule has 2 heterocycles. The molecule has 0 bridgehead atoms. The van der Waals surface area contributed by atoms with Crippen LogP contribution in [0.3, 0.4) is 0 Å². The quantitative estimate of drug-likeness (QED) is 0.523. The summed E-state index contributed by atoms with van der Waals surface area (Å²) in [6.45, 7) is 4.36. The zero-order valence-corrected chi connectivity index (χ0v) is 22.4. The minimum atomic E-state index is -1.47. The van der Waals surface area contributed by atoms with Gasteiger partial charge in [-0.05, 0) is 104 Å². The van der Waals surface area contributed by atoms with E-state index in [1.165, 1.54) is 17.7 Å². The largest absolute Gasteiger partial charge is 0.393 e. The molecular formula is C31H35FN4O3. The molecule has 2 N–H and O–H groups in total. The van der Waals surface area contributed by atoms with Crippen molar-refractivity contribution >= 4 is 11.9 Å². The van der Waals surface area contributed by atoms with Crippen molar-refractivity contribution in [2.24, 2.45) is 28.6 Å². The van der Waals surface area contributed by atoms with Crippen LogP contribution in [0.2, 0.25) is 0 Å². The number of hydrogen-bond donors (Lipinski definition) is 2. The second-order valence-corrected chi connectivity index (χ2v) is 12.8. The Bertz CT molecular complexity index is 1460. The highest BCUT2D eigenvalue weighted by molar-refractivity contribution is 5.88. The van der Waals surface area contributed by atoms with Gasteiger partial charge in [-0.15, -0.1) is 0 Å². The van der Waals surface area contributed by atoms with E-state index in [2.05, 4.69) is 23.2 Å². The Morgan fingerprint density at radius 3 is 2.72 bits per heavy atom. The standard InChI is InChI=1S/C31H35FN4O3/c1-29-15-19-17-34-36(22-7-5-21(32)6-8-22)25(19)14-20(29)4-9-23-24-10-11-31(39,27(38)18-35-13-3-12-33-35)30(24,2)16-26(37)28(23)29/h3,5-8,12-14,17,23-24,26,28,37,39H,4,9-11,15-16,18H2,1-2H3/t23?,24?,26-,28?,29?,30?,31-/m0/s1. The molecule has 0 aliphatic heterocycles. The molecule has 204 valence electrons. The van der Waals surface area contributed by atoms with Crippen molar-refractivity contribution in [2.45, 2.75) is 70.6 Å². The summed E-state index contributed by atoms with van der Waals surface area (Å²) in [7, 11) is 0. The van der Waals surface area contributed by atoms with Gasteiger partial charge in [0.2, 0.25) is 0 Å². The molecule has 3 fully saturated rings. The average Bonchev–Trinajstić information content (AvgIpc) is 3.61. The highest BCUT2D eigenvalue weighted by Gasteiger charge is 2.68. The number of Topliss-reactive ketones (excluding diaryl/α,β-unsaturated/α-hetero) is 1. The Morgan fingerprint density at radius 1 is 1.18 bits per heavy atom. The smallest absolute Gasteiger partial charge is 0.186 e. The number of halogens is 1. The molecule has 39 heavy (non-hydrogen) atoms. The third-order valence-corrected chi connectivity index (χ3v) is 11.0. The van der Waals surface area contributed by atoms with E-state index in [1.54, 1.807) is 35.3 Å². The Hall–Kier alpha value is -3.10. The fourth-order valence-electron chi connectivity index (χ4n) is 9.11. The van der Waals surface area contributed by atoms with Crippen LogP contribution in [0.5, 0.6) is 0 Å². The van der Waals surface area contributed by atoms with Gasteiger partial charge in [0.15, 0.2) is 5.78 Å². The van der Waals surface area contributed by atoms with Gasteiger partial charge in [0.05, 0.1) is 23.7 Å². The van der Waals surface area contributed by atoms with E-state index < -0.39 is 17.1 Å². The van der Waals surface area contributed by atoms with Crippen LogP contribution in [-0.4, -0.2) is 47.3 Å². The van der Waals surface area contributed by atoms with Gasteiger partial charge in [-0.25, -0.2) is 9.07 Å². The summed E-state index contributed by atoms with van der Waals surface area (Å²) in [5.74, 6) is -0.0500. The first-order valence-corrected chi connectivity index (χ1v) is 14.1. The summed E-state index contributed by atoms with van der Waals surface area (Å²) in [4.78, 5) is 13.5. The number of hydrogen-bond acceptors (Lipinski definition) is 5. The molecule has 2 aromatic heterocycles.